The van der Waals surface area contributed by atoms with Crippen molar-refractivity contribution in [2.45, 2.75) is 12.6 Å². The van der Waals surface area contributed by atoms with Crippen molar-refractivity contribution in [3.05, 3.63) is 89.3 Å². The van der Waals surface area contributed by atoms with Crippen molar-refractivity contribution in [1.29, 1.82) is 0 Å². The second kappa shape index (κ2) is 8.31. The Labute approximate surface area is 189 Å². The number of aromatic nitrogens is 1. The Balaban J connectivity index is 1.64. The second-order valence-corrected chi connectivity index (χ2v) is 7.77. The Bertz CT molecular complexity index is 1270. The summed E-state index contributed by atoms with van der Waals surface area (Å²) in [6.07, 6.45) is 3.45. The lowest BCUT2D eigenvalue weighted by atomic mass is 9.95. The van der Waals surface area contributed by atoms with E-state index in [2.05, 4.69) is 4.98 Å². The van der Waals surface area contributed by atoms with Gasteiger partial charge in [-0.05, 0) is 41.5 Å². The van der Waals surface area contributed by atoms with E-state index in [9.17, 15) is 19.8 Å². The minimum absolute atomic E-state index is 0.0292. The summed E-state index contributed by atoms with van der Waals surface area (Å²) in [4.78, 5) is 30.4. The number of fused-ring (bicyclic) bond motifs is 1. The predicted octanol–water partition coefficient (Wildman–Crippen LogP) is 1.40. The number of ether oxygens (including phenoxy) is 2. The number of aromatic amines is 1. The number of nitrogens with one attached hydrogen (secondary N) is 1. The highest BCUT2D eigenvalue weighted by Crippen LogP contribution is 2.41. The molecule has 5 rings (SSSR count). The second-order valence-electron chi connectivity index (χ2n) is 7.77. The molecule has 2 N–H and O–H groups in total. The van der Waals surface area contributed by atoms with Gasteiger partial charge < -0.3 is 24.6 Å². The van der Waals surface area contributed by atoms with E-state index in [1.807, 2.05) is 6.07 Å². The average molecular weight is 444 g/mol. The van der Waals surface area contributed by atoms with Crippen LogP contribution in [0.15, 0.2) is 72.6 Å². The van der Waals surface area contributed by atoms with Crippen LogP contribution in [0, 0.1) is 0 Å². The molecule has 0 spiro atoms. The van der Waals surface area contributed by atoms with Gasteiger partial charge in [0.05, 0.1) is 12.6 Å². The Kier molecular flexibility index (Phi) is 5.18. The third-order valence-electron chi connectivity index (χ3n) is 5.64. The van der Waals surface area contributed by atoms with E-state index in [1.165, 1.54) is 23.1 Å². The van der Waals surface area contributed by atoms with Gasteiger partial charge in [-0.2, -0.15) is 0 Å². The number of Topliss-reactive ketones (excluding diaryl/α,β-unsaturated/α-hetero) is 1. The molecule has 0 radical (unpaired) electrons. The molecule has 1 atom stereocenters. The quantitative estimate of drug-likeness (QED) is 0.370. The Morgan fingerprint density at radius 1 is 1.06 bits per heavy atom. The maximum atomic E-state index is 13.6. The summed E-state index contributed by atoms with van der Waals surface area (Å²) in [5.41, 5.74) is 1.28. The average Bonchev–Trinajstić information content (AvgIpc) is 3.09. The van der Waals surface area contributed by atoms with Gasteiger partial charge in [0, 0.05) is 17.2 Å². The van der Waals surface area contributed by atoms with Crippen LogP contribution in [0.5, 0.6) is 17.2 Å². The number of likely N-dealkylation sites (tertiary alicyclic amines) is 1. The first kappa shape index (κ1) is 20.6. The summed E-state index contributed by atoms with van der Waals surface area (Å²) in [7, 11) is 0. The van der Waals surface area contributed by atoms with Crippen LogP contribution in [0.2, 0.25) is 0 Å². The van der Waals surface area contributed by atoms with Gasteiger partial charge in [-0.25, -0.2) is 4.98 Å². The highest BCUT2D eigenvalue weighted by Gasteiger charge is 2.44. The van der Waals surface area contributed by atoms with Crippen molar-refractivity contribution >= 4 is 17.4 Å². The minimum atomic E-state index is -0.946. The number of aromatic hydroxyl groups is 1. The number of hydrogen-bond acceptors (Lipinski definition) is 6. The number of nitrogens with zero attached hydrogens (tertiary/aromatic N) is 1. The van der Waals surface area contributed by atoms with Gasteiger partial charge in [0.2, 0.25) is 5.78 Å². The van der Waals surface area contributed by atoms with Gasteiger partial charge in [-0.15, -0.1) is 0 Å². The van der Waals surface area contributed by atoms with Crippen LogP contribution in [0.1, 0.15) is 22.7 Å². The third-order valence-corrected chi connectivity index (χ3v) is 5.64. The van der Waals surface area contributed by atoms with Crippen LogP contribution < -0.4 is 19.6 Å². The van der Waals surface area contributed by atoms with Gasteiger partial charge in [0.1, 0.15) is 19.0 Å². The lowest BCUT2D eigenvalue weighted by molar-refractivity contribution is -0.378. The molecule has 33 heavy (non-hydrogen) atoms. The maximum Gasteiger partial charge on any atom is 0.295 e. The zero-order valence-electron chi connectivity index (χ0n) is 17.5. The number of carbonyl (C=O) groups excluding carboxylic acids is 2. The van der Waals surface area contributed by atoms with E-state index >= 15 is 0 Å². The molecule has 3 heterocycles. The summed E-state index contributed by atoms with van der Waals surface area (Å²) in [5.74, 6) is -1.30. The van der Waals surface area contributed by atoms with Crippen LogP contribution in [0.4, 0.5) is 0 Å². The molecule has 1 saturated heterocycles. The summed E-state index contributed by atoms with van der Waals surface area (Å²) < 4.78 is 11.1. The van der Waals surface area contributed by atoms with E-state index in [0.29, 0.717) is 30.3 Å². The van der Waals surface area contributed by atoms with Crippen LogP contribution in [-0.2, 0) is 16.1 Å². The Morgan fingerprint density at radius 3 is 2.64 bits per heavy atom. The Hall–Kier alpha value is -4.33. The molecule has 2 aliphatic heterocycles. The molecule has 0 aliphatic carbocycles. The molecule has 3 aromatic rings. The number of benzene rings is 2. The SMILES string of the molecule is O=C1C(=O)N(Cc2ccc[nH+]c2)C(c2cccc(O)c2)C1=C([O-])c1ccc2c(c1)OCCO2. The molecule has 1 amide bonds. The van der Waals surface area contributed by atoms with Crippen molar-refractivity contribution in [3.8, 4) is 17.2 Å². The molecule has 1 aromatic heterocycles. The fourth-order valence-electron chi connectivity index (χ4n) is 4.14. The number of ketones is 1. The van der Waals surface area contributed by atoms with Crippen molar-refractivity contribution < 1.29 is 34.3 Å². The fraction of sp³-hybridized carbons (Fsp3) is 0.160. The molecule has 2 aliphatic rings. The number of hydrogen-bond donors (Lipinski definition) is 1. The van der Waals surface area contributed by atoms with E-state index in [0.717, 1.165) is 5.56 Å². The normalized spacial score (nSPS) is 19.0. The zero-order valence-corrected chi connectivity index (χ0v) is 17.5. The molecule has 0 saturated carbocycles. The van der Waals surface area contributed by atoms with E-state index in [-0.39, 0.29) is 23.4 Å². The first-order valence-electron chi connectivity index (χ1n) is 10.4. The largest absolute Gasteiger partial charge is 0.872 e. The monoisotopic (exact) mass is 444 g/mol. The van der Waals surface area contributed by atoms with E-state index in [4.69, 9.17) is 9.47 Å². The number of H-pyrrole nitrogens is 1. The van der Waals surface area contributed by atoms with Gasteiger partial charge in [-0.1, -0.05) is 24.0 Å². The van der Waals surface area contributed by atoms with Crippen molar-refractivity contribution in [2.24, 2.45) is 0 Å². The summed E-state index contributed by atoms with van der Waals surface area (Å²) in [5, 5.41) is 23.6. The van der Waals surface area contributed by atoms with Gasteiger partial charge in [0.25, 0.3) is 5.91 Å². The molecule has 8 heteroatoms. The topological polar surface area (TPSA) is 113 Å². The van der Waals surface area contributed by atoms with Crippen molar-refractivity contribution in [2.75, 3.05) is 13.2 Å². The molecule has 166 valence electrons. The molecular weight excluding hydrogens is 424 g/mol. The van der Waals surface area contributed by atoms with Crippen LogP contribution in [0.25, 0.3) is 5.76 Å². The first-order chi connectivity index (χ1) is 16.0. The zero-order chi connectivity index (χ0) is 22.9. The Morgan fingerprint density at radius 2 is 1.88 bits per heavy atom. The minimum Gasteiger partial charge on any atom is -0.872 e. The number of phenols is 1. The predicted molar refractivity (Wildman–Crippen MR) is 114 cm³/mol. The van der Waals surface area contributed by atoms with Gasteiger partial charge in [0.15, 0.2) is 23.9 Å². The lowest BCUT2D eigenvalue weighted by Crippen LogP contribution is -2.29. The number of carbonyl (C=O) groups is 2. The summed E-state index contributed by atoms with van der Waals surface area (Å²) >= 11 is 0. The highest BCUT2D eigenvalue weighted by atomic mass is 16.6. The number of phenolic OH excluding ortho intramolecular Hbond substituents is 1. The molecule has 0 bridgehead atoms. The van der Waals surface area contributed by atoms with Crippen LogP contribution in [-0.4, -0.2) is 34.9 Å². The van der Waals surface area contributed by atoms with Gasteiger partial charge >= 0.3 is 0 Å². The number of rotatable bonds is 4. The smallest absolute Gasteiger partial charge is 0.295 e. The maximum absolute atomic E-state index is 13.6. The first-order valence-corrected chi connectivity index (χ1v) is 10.4. The number of pyridine rings is 1. The van der Waals surface area contributed by atoms with Crippen LogP contribution in [0.3, 0.4) is 0 Å². The fourth-order valence-corrected chi connectivity index (χ4v) is 4.14. The van der Waals surface area contributed by atoms with Crippen molar-refractivity contribution in [1.82, 2.24) is 4.90 Å². The van der Waals surface area contributed by atoms with Crippen LogP contribution >= 0.6 is 0 Å². The molecular formula is C25H20N2O6. The van der Waals surface area contributed by atoms with E-state index in [1.54, 1.807) is 42.7 Å². The third kappa shape index (κ3) is 3.76. The molecule has 1 unspecified atom stereocenters. The summed E-state index contributed by atoms with van der Waals surface area (Å²) in [6.45, 7) is 0.878. The van der Waals surface area contributed by atoms with Crippen molar-refractivity contribution in [3.63, 3.8) is 0 Å². The standard InChI is InChI=1S/C25H20N2O6/c28-18-5-1-4-16(11-18)22-21(23(29)17-6-7-19-20(12-17)33-10-9-32-19)24(30)25(31)27(22)14-15-3-2-8-26-13-15/h1-8,11-13,22,28-29H,9-10,14H2. The lowest BCUT2D eigenvalue weighted by Gasteiger charge is -2.28. The molecule has 8 nitrogen and oxygen atoms in total. The van der Waals surface area contributed by atoms with Gasteiger partial charge in [-0.3, -0.25) is 9.59 Å². The molecule has 2 aromatic carbocycles. The molecule has 1 fully saturated rings. The highest BCUT2D eigenvalue weighted by molar-refractivity contribution is 6.46. The number of amides is 1. The summed E-state index contributed by atoms with van der Waals surface area (Å²) in [6, 6.07) is 13.6. The van der Waals surface area contributed by atoms with E-state index < -0.39 is 23.5 Å².